The fourth-order valence-electron chi connectivity index (χ4n) is 1.60. The predicted octanol–water partition coefficient (Wildman–Crippen LogP) is 1.99. The monoisotopic (exact) mass is 316 g/mol. The van der Waals surface area contributed by atoms with Crippen molar-refractivity contribution < 1.29 is 22.8 Å². The molecule has 0 saturated heterocycles. The van der Waals surface area contributed by atoms with Gasteiger partial charge >= 0.3 is 5.97 Å². The molecule has 2 heterocycles. The van der Waals surface area contributed by atoms with Crippen LogP contribution in [-0.4, -0.2) is 24.7 Å². The third-order valence-corrected chi connectivity index (χ3v) is 4.72. The molecular formula is C11H12N2O5S2. The van der Waals surface area contributed by atoms with Crippen LogP contribution in [-0.2, 0) is 15.8 Å². The summed E-state index contributed by atoms with van der Waals surface area (Å²) in [6.07, 6.45) is 0. The van der Waals surface area contributed by atoms with Crippen LogP contribution in [0.3, 0.4) is 0 Å². The van der Waals surface area contributed by atoms with E-state index in [1.807, 2.05) is 0 Å². The van der Waals surface area contributed by atoms with Crippen molar-refractivity contribution in [3.05, 3.63) is 33.3 Å². The number of carboxylic acid groups (broad SMARTS) is 1. The van der Waals surface area contributed by atoms with Crippen LogP contribution in [0, 0.1) is 13.8 Å². The van der Waals surface area contributed by atoms with E-state index >= 15 is 0 Å². The SMILES string of the molecule is Cc1cc(CS(=O)(=O)Nc2c(C)csc2C(=O)O)no1. The zero-order valence-electron chi connectivity index (χ0n) is 10.7. The highest BCUT2D eigenvalue weighted by Gasteiger charge is 2.21. The van der Waals surface area contributed by atoms with Gasteiger partial charge in [0.25, 0.3) is 0 Å². The van der Waals surface area contributed by atoms with E-state index in [9.17, 15) is 13.2 Å². The first-order valence-electron chi connectivity index (χ1n) is 5.52. The first-order valence-corrected chi connectivity index (χ1v) is 8.06. The van der Waals surface area contributed by atoms with Crippen molar-refractivity contribution >= 4 is 33.0 Å². The maximum absolute atomic E-state index is 12.0. The van der Waals surface area contributed by atoms with Gasteiger partial charge in [0.05, 0.1) is 5.69 Å². The molecule has 7 nitrogen and oxygen atoms in total. The van der Waals surface area contributed by atoms with Crippen molar-refractivity contribution in [2.45, 2.75) is 19.6 Å². The van der Waals surface area contributed by atoms with Gasteiger partial charge in [0.2, 0.25) is 10.0 Å². The molecule has 108 valence electrons. The molecule has 0 atom stereocenters. The summed E-state index contributed by atoms with van der Waals surface area (Å²) in [4.78, 5) is 11.0. The molecule has 2 rings (SSSR count). The van der Waals surface area contributed by atoms with Gasteiger partial charge < -0.3 is 9.63 Å². The van der Waals surface area contributed by atoms with E-state index in [0.717, 1.165) is 11.3 Å². The fourth-order valence-corrected chi connectivity index (χ4v) is 3.68. The van der Waals surface area contributed by atoms with Crippen LogP contribution in [0.5, 0.6) is 0 Å². The Morgan fingerprint density at radius 3 is 2.75 bits per heavy atom. The second-order valence-electron chi connectivity index (χ2n) is 4.22. The van der Waals surface area contributed by atoms with E-state index < -0.39 is 16.0 Å². The number of anilines is 1. The fraction of sp³-hybridized carbons (Fsp3) is 0.273. The van der Waals surface area contributed by atoms with Crippen molar-refractivity contribution in [2.24, 2.45) is 0 Å². The molecule has 2 N–H and O–H groups in total. The topological polar surface area (TPSA) is 110 Å². The summed E-state index contributed by atoms with van der Waals surface area (Å²) in [6.45, 7) is 3.29. The van der Waals surface area contributed by atoms with Gasteiger partial charge in [-0.3, -0.25) is 4.72 Å². The molecule has 9 heteroatoms. The van der Waals surface area contributed by atoms with Crippen LogP contribution in [0.25, 0.3) is 0 Å². The van der Waals surface area contributed by atoms with Crippen LogP contribution < -0.4 is 4.72 Å². The second-order valence-corrected chi connectivity index (χ2v) is 6.82. The summed E-state index contributed by atoms with van der Waals surface area (Å²) in [5.41, 5.74) is 0.926. The van der Waals surface area contributed by atoms with Crippen LogP contribution in [0.1, 0.15) is 26.7 Å². The number of hydrogen-bond acceptors (Lipinski definition) is 6. The molecule has 0 aliphatic rings. The lowest BCUT2D eigenvalue weighted by molar-refractivity contribution is 0.0703. The van der Waals surface area contributed by atoms with Gasteiger partial charge in [0, 0.05) is 6.07 Å². The third kappa shape index (κ3) is 3.17. The molecule has 0 saturated carbocycles. The Kier molecular flexibility index (Phi) is 3.82. The van der Waals surface area contributed by atoms with E-state index in [4.69, 9.17) is 9.63 Å². The van der Waals surface area contributed by atoms with Crippen molar-refractivity contribution in [2.75, 3.05) is 4.72 Å². The van der Waals surface area contributed by atoms with Gasteiger partial charge in [-0.05, 0) is 24.8 Å². The van der Waals surface area contributed by atoms with Gasteiger partial charge in [-0.15, -0.1) is 11.3 Å². The van der Waals surface area contributed by atoms with E-state index in [1.54, 1.807) is 19.2 Å². The number of thiophene rings is 1. The average molecular weight is 316 g/mol. The molecule has 2 aromatic heterocycles. The van der Waals surface area contributed by atoms with Gasteiger partial charge in [0.1, 0.15) is 22.1 Å². The maximum atomic E-state index is 12.0. The Balaban J connectivity index is 2.24. The zero-order valence-corrected chi connectivity index (χ0v) is 12.3. The number of aryl methyl sites for hydroxylation is 2. The molecule has 0 aliphatic heterocycles. The quantitative estimate of drug-likeness (QED) is 0.873. The number of rotatable bonds is 5. The minimum atomic E-state index is -3.75. The van der Waals surface area contributed by atoms with Crippen LogP contribution in [0.15, 0.2) is 16.0 Å². The Morgan fingerprint density at radius 1 is 1.50 bits per heavy atom. The number of aromatic carboxylic acids is 1. The minimum Gasteiger partial charge on any atom is -0.477 e. The first-order chi connectivity index (χ1) is 9.28. The van der Waals surface area contributed by atoms with E-state index in [-0.39, 0.29) is 22.0 Å². The molecule has 0 aromatic carbocycles. The molecule has 20 heavy (non-hydrogen) atoms. The molecule has 0 radical (unpaired) electrons. The molecule has 0 bridgehead atoms. The third-order valence-electron chi connectivity index (χ3n) is 2.44. The molecule has 2 aromatic rings. The molecule has 0 unspecified atom stereocenters. The molecule has 0 aliphatic carbocycles. The van der Waals surface area contributed by atoms with E-state index in [0.29, 0.717) is 11.3 Å². The number of carbonyl (C=O) groups is 1. The summed E-state index contributed by atoms with van der Waals surface area (Å²) < 4.78 is 31.1. The first kappa shape index (κ1) is 14.5. The van der Waals surface area contributed by atoms with Crippen LogP contribution in [0.2, 0.25) is 0 Å². The van der Waals surface area contributed by atoms with Crippen LogP contribution in [0.4, 0.5) is 5.69 Å². The lowest BCUT2D eigenvalue weighted by Crippen LogP contribution is -2.17. The summed E-state index contributed by atoms with van der Waals surface area (Å²) in [7, 11) is -3.75. The highest BCUT2D eigenvalue weighted by Crippen LogP contribution is 2.29. The lowest BCUT2D eigenvalue weighted by Gasteiger charge is -2.07. The van der Waals surface area contributed by atoms with Crippen molar-refractivity contribution in [1.29, 1.82) is 0 Å². The summed E-state index contributed by atoms with van der Waals surface area (Å²) >= 11 is 0.975. The normalized spacial score (nSPS) is 11.5. The van der Waals surface area contributed by atoms with Gasteiger partial charge in [-0.25, -0.2) is 13.2 Å². The molecular weight excluding hydrogens is 304 g/mol. The highest BCUT2D eigenvalue weighted by atomic mass is 32.2. The van der Waals surface area contributed by atoms with Gasteiger partial charge in [-0.1, -0.05) is 5.16 Å². The summed E-state index contributed by atoms with van der Waals surface area (Å²) in [5, 5.41) is 14.2. The Morgan fingerprint density at radius 2 is 2.20 bits per heavy atom. The van der Waals surface area contributed by atoms with E-state index in [1.165, 1.54) is 6.07 Å². The maximum Gasteiger partial charge on any atom is 0.348 e. The average Bonchev–Trinajstić information content (AvgIpc) is 2.86. The second kappa shape index (κ2) is 5.25. The van der Waals surface area contributed by atoms with Gasteiger partial charge in [-0.2, -0.15) is 0 Å². The number of nitrogens with zero attached hydrogens (tertiary/aromatic N) is 1. The molecule has 0 fully saturated rings. The lowest BCUT2D eigenvalue weighted by atomic mass is 10.3. The number of nitrogens with one attached hydrogen (secondary N) is 1. The van der Waals surface area contributed by atoms with Crippen molar-refractivity contribution in [3.8, 4) is 0 Å². The smallest absolute Gasteiger partial charge is 0.348 e. The number of aromatic nitrogens is 1. The Labute approximate surface area is 119 Å². The zero-order chi connectivity index (χ0) is 14.9. The number of hydrogen-bond donors (Lipinski definition) is 2. The Hall–Kier alpha value is -1.87. The number of carboxylic acids is 1. The standard InChI is InChI=1S/C11H12N2O5S2/c1-6-4-19-10(11(14)15)9(6)13-20(16,17)5-8-3-7(2)18-12-8/h3-4,13H,5H2,1-2H3,(H,14,15). The minimum absolute atomic E-state index is 0.0394. The highest BCUT2D eigenvalue weighted by molar-refractivity contribution is 7.91. The summed E-state index contributed by atoms with van der Waals surface area (Å²) in [5.74, 6) is -1.04. The van der Waals surface area contributed by atoms with Crippen LogP contribution >= 0.6 is 11.3 Å². The predicted molar refractivity (Wildman–Crippen MR) is 73.5 cm³/mol. The molecule has 0 spiro atoms. The largest absolute Gasteiger partial charge is 0.477 e. The van der Waals surface area contributed by atoms with Crippen molar-refractivity contribution in [1.82, 2.24) is 5.16 Å². The molecule has 0 amide bonds. The Bertz CT molecular complexity index is 745. The van der Waals surface area contributed by atoms with Crippen molar-refractivity contribution in [3.63, 3.8) is 0 Å². The van der Waals surface area contributed by atoms with E-state index in [2.05, 4.69) is 9.88 Å². The summed E-state index contributed by atoms with van der Waals surface area (Å²) in [6, 6.07) is 1.51. The number of sulfonamides is 1. The van der Waals surface area contributed by atoms with Gasteiger partial charge in [0.15, 0.2) is 0 Å².